The van der Waals surface area contributed by atoms with Gasteiger partial charge in [0.1, 0.15) is 0 Å². The lowest BCUT2D eigenvalue weighted by Gasteiger charge is -2.35. The monoisotopic (exact) mass is 229 g/mol. The molecular weight excluding hydrogens is 214 g/mol. The second kappa shape index (κ2) is 4.63. The van der Waals surface area contributed by atoms with Gasteiger partial charge in [0.05, 0.1) is 11.2 Å². The molecule has 1 saturated carbocycles. The lowest BCUT2D eigenvalue weighted by molar-refractivity contribution is 0.218. The fourth-order valence-corrected chi connectivity index (χ4v) is 3.29. The summed E-state index contributed by atoms with van der Waals surface area (Å²) >= 11 is 7.81. The summed E-state index contributed by atoms with van der Waals surface area (Å²) in [7, 11) is 0. The van der Waals surface area contributed by atoms with Crippen LogP contribution in [0.5, 0.6) is 0 Å². The number of rotatable bonds is 3. The standard InChI is InChI=1S/C11H16ClNS/c12-8-11(4-2-1-3-5-11)6-10-7-14-9-13-10/h7,9H,1-6,8H2. The smallest absolute Gasteiger partial charge is 0.0794 e. The van der Waals surface area contributed by atoms with Crippen molar-refractivity contribution in [2.45, 2.75) is 38.5 Å². The van der Waals surface area contributed by atoms with Crippen molar-refractivity contribution in [2.75, 3.05) is 5.88 Å². The molecule has 0 saturated heterocycles. The summed E-state index contributed by atoms with van der Waals surface area (Å²) in [5.74, 6) is 0.796. The lowest BCUT2D eigenvalue weighted by Crippen LogP contribution is -2.28. The minimum absolute atomic E-state index is 0.355. The Morgan fingerprint density at radius 1 is 1.36 bits per heavy atom. The second-order valence-electron chi connectivity index (χ2n) is 4.35. The van der Waals surface area contributed by atoms with E-state index in [1.54, 1.807) is 11.3 Å². The van der Waals surface area contributed by atoms with Crippen LogP contribution < -0.4 is 0 Å². The van der Waals surface area contributed by atoms with Crippen LogP contribution in [-0.4, -0.2) is 10.9 Å². The molecule has 0 radical (unpaired) electrons. The van der Waals surface area contributed by atoms with Crippen LogP contribution in [0.15, 0.2) is 10.9 Å². The first-order valence-corrected chi connectivity index (χ1v) is 6.75. The zero-order valence-electron chi connectivity index (χ0n) is 8.34. The summed E-state index contributed by atoms with van der Waals surface area (Å²) in [5, 5.41) is 2.16. The molecule has 0 spiro atoms. The molecule has 0 unspecified atom stereocenters. The second-order valence-corrected chi connectivity index (χ2v) is 5.34. The van der Waals surface area contributed by atoms with Gasteiger partial charge in [-0.15, -0.1) is 22.9 Å². The number of nitrogens with zero attached hydrogens (tertiary/aromatic N) is 1. The Morgan fingerprint density at radius 2 is 2.14 bits per heavy atom. The fraction of sp³-hybridized carbons (Fsp3) is 0.727. The first-order valence-electron chi connectivity index (χ1n) is 5.28. The van der Waals surface area contributed by atoms with Crippen molar-refractivity contribution in [1.82, 2.24) is 4.98 Å². The zero-order valence-corrected chi connectivity index (χ0v) is 9.91. The summed E-state index contributed by atoms with van der Waals surface area (Å²) < 4.78 is 0. The molecule has 1 aromatic rings. The van der Waals surface area contributed by atoms with E-state index in [2.05, 4.69) is 10.4 Å². The van der Waals surface area contributed by atoms with E-state index in [1.807, 2.05) is 5.51 Å². The number of alkyl halides is 1. The van der Waals surface area contributed by atoms with Crippen LogP contribution in [-0.2, 0) is 6.42 Å². The lowest BCUT2D eigenvalue weighted by atomic mass is 9.73. The summed E-state index contributed by atoms with van der Waals surface area (Å²) in [6, 6.07) is 0. The van der Waals surface area contributed by atoms with Gasteiger partial charge in [0.25, 0.3) is 0 Å². The fourth-order valence-electron chi connectivity index (χ4n) is 2.37. The number of thiazole rings is 1. The minimum atomic E-state index is 0.355. The van der Waals surface area contributed by atoms with Crippen molar-refractivity contribution in [3.8, 4) is 0 Å². The van der Waals surface area contributed by atoms with Gasteiger partial charge in [-0.25, -0.2) is 4.98 Å². The van der Waals surface area contributed by atoms with Gasteiger partial charge < -0.3 is 0 Å². The Kier molecular flexibility index (Phi) is 3.45. The minimum Gasteiger partial charge on any atom is -0.250 e. The molecule has 1 heterocycles. The zero-order chi connectivity index (χ0) is 9.86. The van der Waals surface area contributed by atoms with Gasteiger partial charge >= 0.3 is 0 Å². The van der Waals surface area contributed by atoms with Crippen LogP contribution >= 0.6 is 22.9 Å². The third kappa shape index (κ3) is 2.29. The van der Waals surface area contributed by atoms with Crippen LogP contribution in [0.3, 0.4) is 0 Å². The Bertz CT molecular complexity index is 265. The van der Waals surface area contributed by atoms with Gasteiger partial charge in [-0.2, -0.15) is 0 Å². The first-order chi connectivity index (χ1) is 6.85. The summed E-state index contributed by atoms with van der Waals surface area (Å²) in [6.07, 6.45) is 7.73. The predicted octanol–water partition coefficient (Wildman–Crippen LogP) is 3.87. The van der Waals surface area contributed by atoms with E-state index in [4.69, 9.17) is 11.6 Å². The van der Waals surface area contributed by atoms with Crippen molar-refractivity contribution < 1.29 is 0 Å². The molecule has 0 atom stereocenters. The Balaban J connectivity index is 2.04. The van der Waals surface area contributed by atoms with Crippen LogP contribution in [0.2, 0.25) is 0 Å². The Labute approximate surface area is 94.5 Å². The SMILES string of the molecule is ClCC1(Cc2cscn2)CCCCC1. The van der Waals surface area contributed by atoms with Crippen molar-refractivity contribution >= 4 is 22.9 Å². The van der Waals surface area contributed by atoms with Gasteiger partial charge in [0.15, 0.2) is 0 Å². The van der Waals surface area contributed by atoms with Gasteiger partial charge in [0, 0.05) is 11.3 Å². The van der Waals surface area contributed by atoms with Crippen molar-refractivity contribution in [3.63, 3.8) is 0 Å². The Hall–Kier alpha value is -0.0800. The average molecular weight is 230 g/mol. The van der Waals surface area contributed by atoms with Crippen LogP contribution in [0.25, 0.3) is 0 Å². The van der Waals surface area contributed by atoms with Crippen molar-refractivity contribution in [1.29, 1.82) is 0 Å². The Morgan fingerprint density at radius 3 is 2.71 bits per heavy atom. The highest BCUT2D eigenvalue weighted by Gasteiger charge is 2.31. The molecule has 0 amide bonds. The largest absolute Gasteiger partial charge is 0.250 e. The maximum Gasteiger partial charge on any atom is 0.0794 e. The van der Waals surface area contributed by atoms with Crippen LogP contribution in [0, 0.1) is 5.41 Å². The topological polar surface area (TPSA) is 12.9 Å². The third-order valence-corrected chi connectivity index (χ3v) is 4.44. The molecule has 78 valence electrons. The quantitative estimate of drug-likeness (QED) is 0.717. The van der Waals surface area contributed by atoms with Gasteiger partial charge in [-0.1, -0.05) is 19.3 Å². The van der Waals surface area contributed by atoms with Crippen molar-refractivity contribution in [2.24, 2.45) is 5.41 Å². The first kappa shape index (κ1) is 10.4. The summed E-state index contributed by atoms with van der Waals surface area (Å²) in [6.45, 7) is 0. The van der Waals surface area contributed by atoms with Crippen molar-refractivity contribution in [3.05, 3.63) is 16.6 Å². The van der Waals surface area contributed by atoms with E-state index < -0.39 is 0 Å². The molecule has 3 heteroatoms. The average Bonchev–Trinajstić information content (AvgIpc) is 2.72. The molecule has 0 bridgehead atoms. The van der Waals surface area contributed by atoms with E-state index in [0.717, 1.165) is 12.3 Å². The highest BCUT2D eigenvalue weighted by Crippen LogP contribution is 2.40. The number of aromatic nitrogens is 1. The molecule has 0 aromatic carbocycles. The highest BCUT2D eigenvalue weighted by molar-refractivity contribution is 7.07. The molecular formula is C11H16ClNS. The van der Waals surface area contributed by atoms with Gasteiger partial charge in [-0.05, 0) is 24.7 Å². The van der Waals surface area contributed by atoms with E-state index >= 15 is 0 Å². The summed E-state index contributed by atoms with van der Waals surface area (Å²) in [5.41, 5.74) is 3.51. The van der Waals surface area contributed by atoms with Crippen LogP contribution in [0.4, 0.5) is 0 Å². The predicted molar refractivity (Wildman–Crippen MR) is 62.1 cm³/mol. The van der Waals surface area contributed by atoms with Crippen LogP contribution in [0.1, 0.15) is 37.8 Å². The van der Waals surface area contributed by atoms with E-state index in [-0.39, 0.29) is 0 Å². The molecule has 1 aliphatic carbocycles. The number of hydrogen-bond acceptors (Lipinski definition) is 2. The molecule has 14 heavy (non-hydrogen) atoms. The third-order valence-electron chi connectivity index (χ3n) is 3.24. The van der Waals surface area contributed by atoms with Gasteiger partial charge in [0.2, 0.25) is 0 Å². The molecule has 2 rings (SSSR count). The van der Waals surface area contributed by atoms with E-state index in [1.165, 1.54) is 37.8 Å². The number of hydrogen-bond donors (Lipinski definition) is 0. The van der Waals surface area contributed by atoms with Gasteiger partial charge in [-0.3, -0.25) is 0 Å². The maximum absolute atomic E-state index is 6.13. The highest BCUT2D eigenvalue weighted by atomic mass is 35.5. The molecule has 1 aromatic heterocycles. The molecule has 0 aliphatic heterocycles. The molecule has 1 nitrogen and oxygen atoms in total. The maximum atomic E-state index is 6.13. The van der Waals surface area contributed by atoms with E-state index in [9.17, 15) is 0 Å². The molecule has 0 N–H and O–H groups in total. The molecule has 1 aliphatic rings. The van der Waals surface area contributed by atoms with E-state index in [0.29, 0.717) is 5.41 Å². The molecule has 1 fully saturated rings. The summed E-state index contributed by atoms with van der Waals surface area (Å²) in [4.78, 5) is 4.36. The normalized spacial score (nSPS) is 20.9. The number of halogens is 1.